The molecule has 0 radical (unpaired) electrons. The van der Waals surface area contributed by atoms with E-state index < -0.39 is 5.60 Å². The van der Waals surface area contributed by atoms with Gasteiger partial charge in [0.1, 0.15) is 5.60 Å². The van der Waals surface area contributed by atoms with Gasteiger partial charge in [-0.25, -0.2) is 4.79 Å². The number of piperidine rings is 1. The van der Waals surface area contributed by atoms with E-state index in [2.05, 4.69) is 22.1 Å². The van der Waals surface area contributed by atoms with E-state index in [0.717, 1.165) is 64.6 Å². The minimum Gasteiger partial charge on any atom is -0.444 e. The normalized spacial score (nSPS) is 21.0. The quantitative estimate of drug-likeness (QED) is 0.194. The maximum absolute atomic E-state index is 12.9. The Morgan fingerprint density at radius 1 is 1.19 bits per heavy atom. The largest absolute Gasteiger partial charge is 0.444 e. The van der Waals surface area contributed by atoms with Gasteiger partial charge in [0.2, 0.25) is 0 Å². The van der Waals surface area contributed by atoms with Gasteiger partial charge in [-0.2, -0.15) is 0 Å². The van der Waals surface area contributed by atoms with E-state index in [-0.39, 0.29) is 36.1 Å². The molecular weight excluding hydrogens is 519 g/mol. The minimum absolute atomic E-state index is 0. The smallest absolute Gasteiger partial charge is 0.410 e. The van der Waals surface area contributed by atoms with Crippen molar-refractivity contribution in [1.82, 2.24) is 15.1 Å². The molecule has 1 saturated heterocycles. The summed E-state index contributed by atoms with van der Waals surface area (Å²) in [5.41, 5.74) is -0.0618. The molecule has 1 heterocycles. The topological polar surface area (TPSA) is 66.4 Å². The van der Waals surface area contributed by atoms with Gasteiger partial charge in [0.15, 0.2) is 5.96 Å². The number of amides is 1. The maximum Gasteiger partial charge on any atom is 0.410 e. The highest BCUT2D eigenvalue weighted by Gasteiger charge is 2.42. The van der Waals surface area contributed by atoms with Crippen molar-refractivity contribution in [1.29, 1.82) is 0 Å². The first-order chi connectivity index (χ1) is 14.8. The molecule has 186 valence electrons. The van der Waals surface area contributed by atoms with E-state index in [4.69, 9.17) is 9.47 Å². The van der Waals surface area contributed by atoms with Gasteiger partial charge in [-0.05, 0) is 84.0 Å². The summed E-state index contributed by atoms with van der Waals surface area (Å²) in [7, 11) is 1.87. The van der Waals surface area contributed by atoms with Gasteiger partial charge in [0.05, 0.1) is 0 Å². The van der Waals surface area contributed by atoms with Crippen LogP contribution in [0, 0.1) is 11.3 Å². The number of hydrogen-bond donors (Lipinski definition) is 1. The number of guanidine groups is 1. The van der Waals surface area contributed by atoms with Crippen LogP contribution in [0.2, 0.25) is 0 Å². The van der Waals surface area contributed by atoms with Crippen molar-refractivity contribution in [3.63, 3.8) is 0 Å². The second-order valence-corrected chi connectivity index (χ2v) is 10.6. The maximum atomic E-state index is 12.9. The SMILES string of the molecule is CCOCCC1(CNC(=NC)N2CCC(N(CC3CC3)C(=O)OC(C)(C)C)CC2)CC1.I. The number of aliphatic imine (C=N–C) groups is 1. The van der Waals surface area contributed by atoms with Crippen LogP contribution in [-0.4, -0.2) is 79.9 Å². The lowest BCUT2D eigenvalue weighted by atomic mass is 10.0. The fraction of sp³-hybridized carbons (Fsp3) is 0.917. The third-order valence-corrected chi connectivity index (χ3v) is 6.76. The van der Waals surface area contributed by atoms with Crippen LogP contribution in [0.25, 0.3) is 0 Å². The van der Waals surface area contributed by atoms with E-state index in [9.17, 15) is 4.79 Å². The predicted molar refractivity (Wildman–Crippen MR) is 140 cm³/mol. The molecule has 0 spiro atoms. The summed E-state index contributed by atoms with van der Waals surface area (Å²) >= 11 is 0. The molecule has 3 rings (SSSR count). The molecule has 1 N–H and O–H groups in total. The second kappa shape index (κ2) is 12.1. The molecule has 0 aromatic rings. The molecule has 2 saturated carbocycles. The minimum atomic E-state index is -0.452. The van der Waals surface area contributed by atoms with Gasteiger partial charge in [0, 0.05) is 52.5 Å². The van der Waals surface area contributed by atoms with Crippen molar-refractivity contribution >= 4 is 36.0 Å². The summed E-state index contributed by atoms with van der Waals surface area (Å²) in [5.74, 6) is 1.65. The lowest BCUT2D eigenvalue weighted by Gasteiger charge is -2.40. The van der Waals surface area contributed by atoms with Crippen molar-refractivity contribution in [3.05, 3.63) is 0 Å². The Hall–Kier alpha value is -0.770. The number of carbonyl (C=O) groups excluding carboxylic acids is 1. The van der Waals surface area contributed by atoms with Crippen molar-refractivity contribution < 1.29 is 14.3 Å². The molecule has 8 heteroatoms. The zero-order valence-electron chi connectivity index (χ0n) is 20.8. The zero-order valence-corrected chi connectivity index (χ0v) is 23.2. The Morgan fingerprint density at radius 2 is 1.84 bits per heavy atom. The number of halogens is 1. The number of nitrogens with one attached hydrogen (secondary N) is 1. The lowest BCUT2D eigenvalue weighted by Crippen LogP contribution is -2.53. The molecule has 0 aromatic heterocycles. The highest BCUT2D eigenvalue weighted by atomic mass is 127. The second-order valence-electron chi connectivity index (χ2n) is 10.6. The van der Waals surface area contributed by atoms with Gasteiger partial charge in [0.25, 0.3) is 0 Å². The number of carbonyl (C=O) groups is 1. The zero-order chi connectivity index (χ0) is 22.5. The summed E-state index contributed by atoms with van der Waals surface area (Å²) in [6, 6.07) is 0.255. The van der Waals surface area contributed by atoms with Crippen LogP contribution < -0.4 is 5.32 Å². The Bertz CT molecular complexity index is 621. The van der Waals surface area contributed by atoms with Crippen molar-refractivity contribution in [3.8, 4) is 0 Å². The van der Waals surface area contributed by atoms with E-state index >= 15 is 0 Å². The summed E-state index contributed by atoms with van der Waals surface area (Å²) in [6.07, 6.45) is 7.92. The molecule has 3 fully saturated rings. The van der Waals surface area contributed by atoms with Crippen LogP contribution in [0.3, 0.4) is 0 Å². The standard InChI is InChI=1S/C24H44N4O3.HI/c1-6-30-16-13-24(11-12-24)18-26-21(25-5)27-14-9-20(10-15-27)28(17-19-7-8-19)22(29)31-23(2,3)4;/h19-20H,6-18H2,1-5H3,(H,25,26);1H. The number of ether oxygens (including phenoxy) is 2. The summed E-state index contributed by atoms with van der Waals surface area (Å²) in [6.45, 7) is 13.2. The van der Waals surface area contributed by atoms with Crippen LogP contribution in [0.15, 0.2) is 4.99 Å². The van der Waals surface area contributed by atoms with Crippen molar-refractivity contribution in [2.24, 2.45) is 16.3 Å². The van der Waals surface area contributed by atoms with Crippen LogP contribution >= 0.6 is 24.0 Å². The molecule has 1 aliphatic heterocycles. The number of hydrogen-bond acceptors (Lipinski definition) is 4. The third kappa shape index (κ3) is 8.54. The summed E-state index contributed by atoms with van der Waals surface area (Å²) < 4.78 is 11.3. The number of nitrogens with zero attached hydrogens (tertiary/aromatic N) is 3. The highest BCUT2D eigenvalue weighted by Crippen LogP contribution is 2.48. The molecule has 3 aliphatic rings. The first-order valence-electron chi connectivity index (χ1n) is 12.3. The molecule has 32 heavy (non-hydrogen) atoms. The van der Waals surface area contributed by atoms with E-state index in [1.807, 2.05) is 32.7 Å². The average Bonchev–Trinajstić information content (AvgIpc) is 3.63. The molecule has 2 aliphatic carbocycles. The Balaban J connectivity index is 0.00000363. The predicted octanol–water partition coefficient (Wildman–Crippen LogP) is 4.50. The van der Waals surface area contributed by atoms with E-state index in [1.54, 1.807) is 0 Å². The number of likely N-dealkylation sites (tertiary alicyclic amines) is 1. The molecule has 0 atom stereocenters. The fourth-order valence-electron chi connectivity index (χ4n) is 4.38. The first kappa shape index (κ1) is 27.5. The Morgan fingerprint density at radius 3 is 2.34 bits per heavy atom. The first-order valence-corrected chi connectivity index (χ1v) is 12.3. The third-order valence-electron chi connectivity index (χ3n) is 6.76. The van der Waals surface area contributed by atoms with Gasteiger partial charge in [-0.15, -0.1) is 24.0 Å². The van der Waals surface area contributed by atoms with Crippen LogP contribution in [0.5, 0.6) is 0 Å². The Kier molecular flexibility index (Phi) is 10.4. The van der Waals surface area contributed by atoms with Gasteiger partial charge < -0.3 is 24.6 Å². The molecule has 0 unspecified atom stereocenters. The molecule has 7 nitrogen and oxygen atoms in total. The van der Waals surface area contributed by atoms with E-state index in [1.165, 1.54) is 25.7 Å². The van der Waals surface area contributed by atoms with Crippen LogP contribution in [0.4, 0.5) is 4.79 Å². The van der Waals surface area contributed by atoms with Crippen LogP contribution in [-0.2, 0) is 9.47 Å². The summed E-state index contributed by atoms with van der Waals surface area (Å²) in [4.78, 5) is 21.8. The Labute approximate surface area is 212 Å². The van der Waals surface area contributed by atoms with Gasteiger partial charge in [-0.3, -0.25) is 4.99 Å². The fourth-order valence-corrected chi connectivity index (χ4v) is 4.38. The van der Waals surface area contributed by atoms with Crippen molar-refractivity contribution in [2.75, 3.05) is 46.4 Å². The van der Waals surface area contributed by atoms with Crippen LogP contribution in [0.1, 0.15) is 72.6 Å². The molecule has 0 aromatic carbocycles. The highest BCUT2D eigenvalue weighted by molar-refractivity contribution is 14.0. The molecular formula is C24H45IN4O3. The molecule has 1 amide bonds. The van der Waals surface area contributed by atoms with Crippen molar-refractivity contribution in [2.45, 2.75) is 84.3 Å². The van der Waals surface area contributed by atoms with Gasteiger partial charge >= 0.3 is 6.09 Å². The summed E-state index contributed by atoms with van der Waals surface area (Å²) in [5, 5.41) is 3.62. The number of rotatable bonds is 9. The molecule has 0 bridgehead atoms. The average molecular weight is 565 g/mol. The van der Waals surface area contributed by atoms with Gasteiger partial charge in [-0.1, -0.05) is 0 Å². The monoisotopic (exact) mass is 564 g/mol. The van der Waals surface area contributed by atoms with E-state index in [0.29, 0.717) is 11.3 Å². The lowest BCUT2D eigenvalue weighted by molar-refractivity contribution is 0.00926.